The summed E-state index contributed by atoms with van der Waals surface area (Å²) in [6.45, 7) is 9.55. The van der Waals surface area contributed by atoms with Gasteiger partial charge in [-0.25, -0.2) is 0 Å². The molecule has 3 heteroatoms. The normalized spacial score (nSPS) is 25.0. The van der Waals surface area contributed by atoms with Crippen molar-refractivity contribution in [3.8, 4) is 0 Å². The molecular weight excluding hydrogens is 607 g/mol. The zero-order chi connectivity index (χ0) is 34.7. The quantitative estimate of drug-likeness (QED) is 0.274. The van der Waals surface area contributed by atoms with Crippen LogP contribution in [0.4, 0.5) is 5.69 Å². The number of para-hydroxylation sites is 1. The molecule has 3 aliphatic carbocycles. The van der Waals surface area contributed by atoms with E-state index in [9.17, 15) is 0 Å². The van der Waals surface area contributed by atoms with E-state index in [1.807, 2.05) is 0 Å². The van der Waals surface area contributed by atoms with Crippen LogP contribution in [0.3, 0.4) is 0 Å². The van der Waals surface area contributed by atoms with Crippen LogP contribution in [-0.4, -0.2) is 30.6 Å². The fourth-order valence-electron chi connectivity index (χ4n) is 8.54. The van der Waals surface area contributed by atoms with Gasteiger partial charge in [0.1, 0.15) is 0 Å². The van der Waals surface area contributed by atoms with Crippen LogP contribution in [0.2, 0.25) is 0 Å². The van der Waals surface area contributed by atoms with Crippen molar-refractivity contribution in [1.29, 1.82) is 0 Å². The van der Waals surface area contributed by atoms with Crippen molar-refractivity contribution in [1.82, 2.24) is 4.90 Å². The number of hydrogen-bond donors (Lipinski definition) is 1. The lowest BCUT2D eigenvalue weighted by atomic mass is 9.71. The van der Waals surface area contributed by atoms with Gasteiger partial charge in [0.25, 0.3) is 0 Å². The summed E-state index contributed by atoms with van der Waals surface area (Å²) < 4.78 is 0. The molecule has 4 aliphatic rings. The molecule has 0 radical (unpaired) electrons. The fraction of sp³-hybridized carbons (Fsp3) is 0.404. The second-order valence-electron chi connectivity index (χ2n) is 14.9. The van der Waals surface area contributed by atoms with Crippen molar-refractivity contribution < 1.29 is 0 Å². The largest absolute Gasteiger partial charge is 0.367 e. The van der Waals surface area contributed by atoms with Crippen molar-refractivity contribution in [2.45, 2.75) is 90.5 Å². The molecule has 2 aromatic carbocycles. The smallest absolute Gasteiger partial charge is 0.0443 e. The molecule has 2 N–H and O–H groups in total. The van der Waals surface area contributed by atoms with E-state index in [0.29, 0.717) is 23.8 Å². The maximum absolute atomic E-state index is 5.81. The fourth-order valence-corrected chi connectivity index (χ4v) is 8.54. The minimum atomic E-state index is 0.373. The molecule has 6 rings (SSSR count). The predicted molar refractivity (Wildman–Crippen MR) is 215 cm³/mol. The van der Waals surface area contributed by atoms with Crippen LogP contribution in [0.1, 0.15) is 90.0 Å². The summed E-state index contributed by atoms with van der Waals surface area (Å²) in [4.78, 5) is 5.28. The Morgan fingerprint density at radius 2 is 1.52 bits per heavy atom. The number of nitrogens with zero attached hydrogens (tertiary/aromatic N) is 2. The Kier molecular flexibility index (Phi) is 12.7. The first-order chi connectivity index (χ1) is 24.5. The van der Waals surface area contributed by atoms with E-state index >= 15 is 0 Å². The van der Waals surface area contributed by atoms with Gasteiger partial charge >= 0.3 is 0 Å². The monoisotopic (exact) mass is 665 g/mol. The van der Waals surface area contributed by atoms with Gasteiger partial charge in [-0.2, -0.15) is 0 Å². The van der Waals surface area contributed by atoms with Gasteiger partial charge in [-0.15, -0.1) is 0 Å². The van der Waals surface area contributed by atoms with Crippen LogP contribution >= 0.6 is 0 Å². The molecule has 0 amide bonds. The molecule has 262 valence electrons. The summed E-state index contributed by atoms with van der Waals surface area (Å²) in [6.07, 6.45) is 34.0. The van der Waals surface area contributed by atoms with E-state index in [-0.39, 0.29) is 0 Å². The van der Waals surface area contributed by atoms with Gasteiger partial charge in [0.15, 0.2) is 0 Å². The van der Waals surface area contributed by atoms with Crippen LogP contribution in [0.5, 0.6) is 0 Å². The highest BCUT2D eigenvalue weighted by Gasteiger charge is 2.36. The number of rotatable bonds is 10. The number of benzene rings is 2. The van der Waals surface area contributed by atoms with Crippen LogP contribution in [-0.2, 0) is 0 Å². The lowest BCUT2D eigenvalue weighted by Gasteiger charge is -2.44. The van der Waals surface area contributed by atoms with Crippen LogP contribution in [0.15, 0.2) is 155 Å². The summed E-state index contributed by atoms with van der Waals surface area (Å²) in [5.41, 5.74) is 17.2. The highest BCUT2D eigenvalue weighted by atomic mass is 15.2. The molecule has 1 fully saturated rings. The topological polar surface area (TPSA) is 32.5 Å². The van der Waals surface area contributed by atoms with Gasteiger partial charge < -0.3 is 15.5 Å². The Hall–Kier alpha value is -4.08. The van der Waals surface area contributed by atoms with Crippen LogP contribution in [0, 0.1) is 11.8 Å². The highest BCUT2D eigenvalue weighted by Crippen LogP contribution is 2.45. The lowest BCUT2D eigenvalue weighted by Crippen LogP contribution is -2.41. The van der Waals surface area contributed by atoms with E-state index in [1.54, 1.807) is 11.1 Å². The zero-order valence-electron chi connectivity index (χ0n) is 30.8. The molecular formula is C47H59N3. The third-order valence-corrected chi connectivity index (χ3v) is 11.6. The second-order valence-corrected chi connectivity index (χ2v) is 14.9. The Labute approximate surface area is 303 Å². The Bertz CT molecular complexity index is 1660. The lowest BCUT2D eigenvalue weighted by molar-refractivity contribution is 0.311. The molecule has 0 saturated heterocycles. The first-order valence-electron chi connectivity index (χ1n) is 19.3. The summed E-state index contributed by atoms with van der Waals surface area (Å²) in [5, 5.41) is 0. The SMILES string of the molecule is CC1=C/C=C\CN(C2=CC=C(C(C)CCCN)CC2)C/C=C\C(N(c2ccccc2)C2CC(C3=CC=CCC3)CC(c3ccccc3)C2)=C1C. The molecule has 1 saturated carbocycles. The molecule has 4 atom stereocenters. The average Bonchev–Trinajstić information content (AvgIpc) is 3.20. The summed E-state index contributed by atoms with van der Waals surface area (Å²) >= 11 is 0. The number of nitrogens with two attached hydrogens (primary N) is 1. The summed E-state index contributed by atoms with van der Waals surface area (Å²) in [7, 11) is 0. The number of allylic oxidation sites excluding steroid dienone is 13. The predicted octanol–water partition coefficient (Wildman–Crippen LogP) is 11.3. The molecule has 1 aliphatic heterocycles. The van der Waals surface area contributed by atoms with Gasteiger partial charge in [0.2, 0.25) is 0 Å². The standard InChI is InChI=1S/C47H59N3/c1-36-17-13-14-31-49(44-28-26-39(27-29-44)37(2)18-15-30-48)32-16-25-47(38(36)3)50(45-23-11-6-12-24-45)46-34-42(40-19-7-4-8-20-40)33-43(35-46)41-21-9-5-10-22-41/h4-9,11-14,16-17,19-21,23-26,28,37,42-43,46H,10,15,18,22,27,29-35,48H2,1-3H3/b14-13-,25-16-,36-17?,47-38?. The Morgan fingerprint density at radius 3 is 2.24 bits per heavy atom. The average molecular weight is 666 g/mol. The molecule has 2 aromatic rings. The van der Waals surface area contributed by atoms with Gasteiger partial charge in [-0.3, -0.25) is 0 Å². The zero-order valence-corrected chi connectivity index (χ0v) is 30.8. The van der Waals surface area contributed by atoms with Gasteiger partial charge in [0.05, 0.1) is 0 Å². The Morgan fingerprint density at radius 1 is 0.780 bits per heavy atom. The highest BCUT2D eigenvalue weighted by molar-refractivity contribution is 5.59. The van der Waals surface area contributed by atoms with Crippen LogP contribution in [0.25, 0.3) is 0 Å². The minimum absolute atomic E-state index is 0.373. The van der Waals surface area contributed by atoms with E-state index in [1.165, 1.54) is 59.5 Å². The molecule has 1 heterocycles. The molecule has 0 bridgehead atoms. The second kappa shape index (κ2) is 17.7. The van der Waals surface area contributed by atoms with E-state index in [4.69, 9.17) is 5.73 Å². The first-order valence-corrected chi connectivity index (χ1v) is 19.3. The van der Waals surface area contributed by atoms with Crippen LogP contribution < -0.4 is 10.6 Å². The van der Waals surface area contributed by atoms with Gasteiger partial charge in [0, 0.05) is 36.2 Å². The van der Waals surface area contributed by atoms with Gasteiger partial charge in [-0.05, 0) is 137 Å². The third kappa shape index (κ3) is 8.98. The van der Waals surface area contributed by atoms with Crippen molar-refractivity contribution in [2.24, 2.45) is 17.6 Å². The van der Waals surface area contributed by atoms with E-state index in [2.05, 4.69) is 152 Å². The van der Waals surface area contributed by atoms with Crippen molar-refractivity contribution >= 4 is 5.69 Å². The Balaban J connectivity index is 1.35. The number of anilines is 1. The molecule has 0 spiro atoms. The molecule has 0 aromatic heterocycles. The van der Waals surface area contributed by atoms with Crippen molar-refractivity contribution in [3.63, 3.8) is 0 Å². The van der Waals surface area contributed by atoms with E-state index < -0.39 is 0 Å². The minimum Gasteiger partial charge on any atom is -0.367 e. The third-order valence-electron chi connectivity index (χ3n) is 11.6. The molecule has 4 unspecified atom stereocenters. The van der Waals surface area contributed by atoms with Crippen molar-refractivity contribution in [3.05, 3.63) is 161 Å². The maximum Gasteiger partial charge on any atom is 0.0443 e. The number of hydrogen-bond acceptors (Lipinski definition) is 3. The summed E-state index contributed by atoms with van der Waals surface area (Å²) in [6, 6.07) is 22.9. The summed E-state index contributed by atoms with van der Waals surface area (Å²) in [5.74, 6) is 1.71. The van der Waals surface area contributed by atoms with Crippen molar-refractivity contribution in [2.75, 3.05) is 24.5 Å². The van der Waals surface area contributed by atoms with E-state index in [0.717, 1.165) is 51.7 Å². The molecule has 50 heavy (non-hydrogen) atoms. The maximum atomic E-state index is 5.81. The van der Waals surface area contributed by atoms with Gasteiger partial charge in [-0.1, -0.05) is 115 Å². The first kappa shape index (κ1) is 35.7. The molecule has 3 nitrogen and oxygen atoms in total.